The van der Waals surface area contributed by atoms with Gasteiger partial charge in [-0.25, -0.2) is 4.98 Å². The van der Waals surface area contributed by atoms with Crippen molar-refractivity contribution in [2.75, 3.05) is 5.32 Å². The Morgan fingerprint density at radius 3 is 2.55 bits per heavy atom. The molecule has 20 heavy (non-hydrogen) atoms. The molecule has 0 amide bonds. The first-order valence-electron chi connectivity index (χ1n) is 6.59. The van der Waals surface area contributed by atoms with Crippen LogP contribution in [0, 0.1) is 15.5 Å². The van der Waals surface area contributed by atoms with E-state index in [1.807, 2.05) is 31.2 Å². The molecule has 0 aliphatic rings. The van der Waals surface area contributed by atoms with Crippen LogP contribution in [0.25, 0.3) is 10.9 Å². The molecule has 1 N–H and O–H groups in total. The molecule has 0 saturated carbocycles. The fraction of sp³-hybridized carbons (Fsp3) is 0.400. The Morgan fingerprint density at radius 1 is 1.30 bits per heavy atom. The lowest BCUT2D eigenvalue weighted by Crippen LogP contribution is -2.31. The van der Waals surface area contributed by atoms with E-state index in [-0.39, 0.29) is 17.1 Å². The van der Waals surface area contributed by atoms with Crippen molar-refractivity contribution < 1.29 is 4.92 Å². The molecule has 0 saturated heterocycles. The Morgan fingerprint density at radius 2 is 1.95 bits per heavy atom. The second-order valence-electron chi connectivity index (χ2n) is 6.02. The molecule has 2 rings (SSSR count). The van der Waals surface area contributed by atoms with Gasteiger partial charge in [0.15, 0.2) is 0 Å². The zero-order valence-corrected chi connectivity index (χ0v) is 12.2. The maximum Gasteiger partial charge on any atom is 0.311 e. The maximum atomic E-state index is 11.2. The number of nitrogens with zero attached hydrogens (tertiary/aromatic N) is 2. The number of hydrogen-bond acceptors (Lipinski definition) is 4. The van der Waals surface area contributed by atoms with Crippen LogP contribution in [0.5, 0.6) is 0 Å². The Hall–Kier alpha value is -2.17. The van der Waals surface area contributed by atoms with Gasteiger partial charge in [-0.3, -0.25) is 10.1 Å². The molecule has 2 aromatic rings. The number of hydrogen-bond donors (Lipinski definition) is 1. The topological polar surface area (TPSA) is 68.1 Å². The van der Waals surface area contributed by atoms with E-state index < -0.39 is 4.92 Å². The number of rotatable bonds is 3. The number of pyridine rings is 1. The van der Waals surface area contributed by atoms with Crippen molar-refractivity contribution in [1.29, 1.82) is 0 Å². The van der Waals surface area contributed by atoms with E-state index in [1.54, 1.807) is 0 Å². The minimum absolute atomic E-state index is 0.00174. The van der Waals surface area contributed by atoms with E-state index in [4.69, 9.17) is 0 Å². The van der Waals surface area contributed by atoms with Crippen LogP contribution in [0.3, 0.4) is 0 Å². The smallest absolute Gasteiger partial charge is 0.311 e. The van der Waals surface area contributed by atoms with Crippen LogP contribution < -0.4 is 5.32 Å². The largest absolute Gasteiger partial charge is 0.376 e. The van der Waals surface area contributed by atoms with Gasteiger partial charge in [0.1, 0.15) is 11.9 Å². The summed E-state index contributed by atoms with van der Waals surface area (Å²) in [4.78, 5) is 15.0. The third-order valence-corrected chi connectivity index (χ3v) is 3.61. The summed E-state index contributed by atoms with van der Waals surface area (Å²) in [5, 5.41) is 15.3. The minimum atomic E-state index is -0.392. The number of para-hydroxylation sites is 1. The molecule has 5 heteroatoms. The predicted molar refractivity (Wildman–Crippen MR) is 80.9 cm³/mol. The molecule has 5 nitrogen and oxygen atoms in total. The zero-order chi connectivity index (χ0) is 14.9. The molecular formula is C15H19N3O2. The van der Waals surface area contributed by atoms with E-state index in [0.29, 0.717) is 5.69 Å². The Labute approximate surface area is 118 Å². The summed E-state index contributed by atoms with van der Waals surface area (Å²) < 4.78 is 0. The molecule has 106 valence electrons. The Bertz CT molecular complexity index is 647. The second-order valence-corrected chi connectivity index (χ2v) is 6.02. The Kier molecular flexibility index (Phi) is 3.61. The summed E-state index contributed by atoms with van der Waals surface area (Å²) in [6.07, 6.45) is 1.32. The number of benzene rings is 1. The van der Waals surface area contributed by atoms with Crippen molar-refractivity contribution in [3.05, 3.63) is 40.6 Å². The fourth-order valence-electron chi connectivity index (χ4n) is 1.85. The SMILES string of the molecule is C[C@@H](Nc1c([N+](=O)[O-])cnc2ccccc12)C(C)(C)C. The van der Waals surface area contributed by atoms with Gasteiger partial charge in [-0.15, -0.1) is 0 Å². The summed E-state index contributed by atoms with van der Waals surface area (Å²) in [6.45, 7) is 8.32. The van der Waals surface area contributed by atoms with E-state index in [1.165, 1.54) is 6.20 Å². The summed E-state index contributed by atoms with van der Waals surface area (Å²) in [6, 6.07) is 7.53. The third kappa shape index (κ3) is 2.71. The summed E-state index contributed by atoms with van der Waals surface area (Å²) in [5.74, 6) is 0. The zero-order valence-electron chi connectivity index (χ0n) is 12.2. The number of anilines is 1. The summed E-state index contributed by atoms with van der Waals surface area (Å²) >= 11 is 0. The predicted octanol–water partition coefficient (Wildman–Crippen LogP) is 3.99. The molecule has 0 radical (unpaired) electrons. The first-order valence-corrected chi connectivity index (χ1v) is 6.59. The second kappa shape index (κ2) is 5.07. The average Bonchev–Trinajstić information content (AvgIpc) is 2.37. The van der Waals surface area contributed by atoms with Gasteiger partial charge in [0.2, 0.25) is 0 Å². The van der Waals surface area contributed by atoms with Crippen molar-refractivity contribution in [3.63, 3.8) is 0 Å². The van der Waals surface area contributed by atoms with Gasteiger partial charge < -0.3 is 5.32 Å². The van der Waals surface area contributed by atoms with E-state index >= 15 is 0 Å². The number of aromatic nitrogens is 1. The molecule has 1 atom stereocenters. The van der Waals surface area contributed by atoms with Gasteiger partial charge in [-0.1, -0.05) is 39.0 Å². The van der Waals surface area contributed by atoms with Gasteiger partial charge in [-0.2, -0.15) is 0 Å². The maximum absolute atomic E-state index is 11.2. The van der Waals surface area contributed by atoms with Gasteiger partial charge in [0, 0.05) is 11.4 Å². The number of fused-ring (bicyclic) bond motifs is 1. The number of nitro groups is 1. The molecule has 0 aliphatic carbocycles. The van der Waals surface area contributed by atoms with Crippen LogP contribution in [0.15, 0.2) is 30.5 Å². The van der Waals surface area contributed by atoms with Crippen molar-refractivity contribution in [3.8, 4) is 0 Å². The molecule has 0 fully saturated rings. The van der Waals surface area contributed by atoms with Crippen molar-refractivity contribution >= 4 is 22.3 Å². The van der Waals surface area contributed by atoms with Crippen molar-refractivity contribution in [2.45, 2.75) is 33.7 Å². The average molecular weight is 273 g/mol. The lowest BCUT2D eigenvalue weighted by molar-refractivity contribution is -0.384. The standard InChI is InChI=1S/C15H19N3O2/c1-10(15(2,3)4)17-14-11-7-5-6-8-12(11)16-9-13(14)18(19)20/h5-10H,1-4H3,(H,16,17)/t10-/m1/s1. The van der Waals surface area contributed by atoms with Crippen LogP contribution in [0.4, 0.5) is 11.4 Å². The first-order chi connectivity index (χ1) is 9.30. The molecule has 1 aromatic heterocycles. The summed E-state index contributed by atoms with van der Waals surface area (Å²) in [5.41, 5.74) is 1.31. The Balaban J connectivity index is 2.58. The van der Waals surface area contributed by atoms with E-state index in [0.717, 1.165) is 10.9 Å². The van der Waals surface area contributed by atoms with Gasteiger partial charge >= 0.3 is 5.69 Å². The highest BCUT2D eigenvalue weighted by atomic mass is 16.6. The lowest BCUT2D eigenvalue weighted by atomic mass is 9.88. The summed E-state index contributed by atoms with van der Waals surface area (Å²) in [7, 11) is 0. The molecule has 0 unspecified atom stereocenters. The van der Waals surface area contributed by atoms with Crippen LogP contribution in [0.2, 0.25) is 0 Å². The molecule has 0 spiro atoms. The van der Waals surface area contributed by atoms with Gasteiger partial charge in [0.05, 0.1) is 10.4 Å². The molecule has 1 aromatic carbocycles. The van der Waals surface area contributed by atoms with E-state index in [2.05, 4.69) is 31.1 Å². The monoisotopic (exact) mass is 273 g/mol. The highest BCUT2D eigenvalue weighted by molar-refractivity contribution is 5.95. The quantitative estimate of drug-likeness (QED) is 0.678. The molecule has 0 aliphatic heterocycles. The highest BCUT2D eigenvalue weighted by Crippen LogP contribution is 2.34. The third-order valence-electron chi connectivity index (χ3n) is 3.61. The molecular weight excluding hydrogens is 254 g/mol. The van der Waals surface area contributed by atoms with Gasteiger partial charge in [-0.05, 0) is 18.4 Å². The van der Waals surface area contributed by atoms with Crippen LogP contribution >= 0.6 is 0 Å². The van der Waals surface area contributed by atoms with E-state index in [9.17, 15) is 10.1 Å². The molecule has 1 heterocycles. The fourth-order valence-corrected chi connectivity index (χ4v) is 1.85. The van der Waals surface area contributed by atoms with Crippen LogP contribution in [-0.4, -0.2) is 15.9 Å². The normalized spacial score (nSPS) is 13.2. The van der Waals surface area contributed by atoms with Crippen molar-refractivity contribution in [2.24, 2.45) is 5.41 Å². The molecule has 0 bridgehead atoms. The van der Waals surface area contributed by atoms with Crippen molar-refractivity contribution in [1.82, 2.24) is 4.98 Å². The first kappa shape index (κ1) is 14.2. The lowest BCUT2D eigenvalue weighted by Gasteiger charge is -2.29. The van der Waals surface area contributed by atoms with Crippen LogP contribution in [-0.2, 0) is 0 Å². The van der Waals surface area contributed by atoms with Crippen LogP contribution in [0.1, 0.15) is 27.7 Å². The minimum Gasteiger partial charge on any atom is -0.376 e. The highest BCUT2D eigenvalue weighted by Gasteiger charge is 2.25. The number of nitrogens with one attached hydrogen (secondary N) is 1. The van der Waals surface area contributed by atoms with Gasteiger partial charge in [0.25, 0.3) is 0 Å².